The summed E-state index contributed by atoms with van der Waals surface area (Å²) in [7, 11) is 2.09. The van der Waals surface area contributed by atoms with Crippen LogP contribution >= 0.6 is 0 Å². The lowest BCUT2D eigenvalue weighted by molar-refractivity contribution is 0.0696. The Morgan fingerprint density at radius 2 is 2.11 bits per heavy atom. The van der Waals surface area contributed by atoms with Gasteiger partial charge in [-0.15, -0.1) is 0 Å². The van der Waals surface area contributed by atoms with Crippen molar-refractivity contribution in [3.63, 3.8) is 0 Å². The van der Waals surface area contributed by atoms with Crippen LogP contribution in [0.1, 0.15) is 48.7 Å². The summed E-state index contributed by atoms with van der Waals surface area (Å²) in [5, 5.41) is 8.84. The van der Waals surface area contributed by atoms with Crippen molar-refractivity contribution in [2.24, 2.45) is 5.92 Å². The first kappa shape index (κ1) is 13.1. The van der Waals surface area contributed by atoms with Crippen molar-refractivity contribution in [3.8, 4) is 0 Å². The van der Waals surface area contributed by atoms with Crippen LogP contribution in [0.25, 0.3) is 0 Å². The Hall–Kier alpha value is -1.29. The molecule has 1 fully saturated rings. The maximum atomic E-state index is 10.8. The molecule has 18 heavy (non-hydrogen) atoms. The second-order valence-electron chi connectivity index (χ2n) is 5.44. The van der Waals surface area contributed by atoms with E-state index in [4.69, 9.17) is 9.52 Å². The zero-order valence-electron chi connectivity index (χ0n) is 11.1. The van der Waals surface area contributed by atoms with Gasteiger partial charge in [0.15, 0.2) is 0 Å². The Morgan fingerprint density at radius 1 is 1.44 bits per heavy atom. The lowest BCUT2D eigenvalue weighted by atomic mass is 9.87. The monoisotopic (exact) mass is 251 g/mol. The Bertz CT molecular complexity index is 405. The molecule has 0 unspecified atom stereocenters. The summed E-state index contributed by atoms with van der Waals surface area (Å²) in [5.41, 5.74) is 0.232. The number of hydrogen-bond donors (Lipinski definition) is 1. The standard InChI is InChI=1S/C14H21NO3/c1-10-3-5-12(6-4-10)15(2)8-13-7-11(9-18-13)14(16)17/h7,9-10,12H,3-6,8H2,1-2H3,(H,16,17). The SMILES string of the molecule is CC1CCC(N(C)Cc2cc(C(=O)O)co2)CC1. The number of hydrogen-bond acceptors (Lipinski definition) is 3. The first-order valence-electron chi connectivity index (χ1n) is 6.57. The molecule has 2 rings (SSSR count). The van der Waals surface area contributed by atoms with Gasteiger partial charge in [-0.05, 0) is 44.7 Å². The second kappa shape index (κ2) is 5.57. The first-order chi connectivity index (χ1) is 8.56. The van der Waals surface area contributed by atoms with Crippen LogP contribution in [0.4, 0.5) is 0 Å². The molecule has 100 valence electrons. The van der Waals surface area contributed by atoms with E-state index in [-0.39, 0.29) is 5.56 Å². The molecule has 0 aliphatic heterocycles. The van der Waals surface area contributed by atoms with E-state index in [9.17, 15) is 4.79 Å². The molecule has 0 atom stereocenters. The van der Waals surface area contributed by atoms with Crippen molar-refractivity contribution in [1.82, 2.24) is 4.90 Å². The van der Waals surface area contributed by atoms with Crippen LogP contribution in [0.3, 0.4) is 0 Å². The summed E-state index contributed by atoms with van der Waals surface area (Å²) < 4.78 is 5.29. The third-order valence-electron chi connectivity index (χ3n) is 3.91. The molecule has 1 aliphatic carbocycles. The number of nitrogens with zero attached hydrogens (tertiary/aromatic N) is 1. The average molecular weight is 251 g/mol. The Kier molecular flexibility index (Phi) is 4.07. The van der Waals surface area contributed by atoms with Crippen molar-refractivity contribution >= 4 is 5.97 Å². The summed E-state index contributed by atoms with van der Waals surface area (Å²) >= 11 is 0. The van der Waals surface area contributed by atoms with Crippen molar-refractivity contribution in [3.05, 3.63) is 23.7 Å². The number of aromatic carboxylic acids is 1. The number of furan rings is 1. The number of carboxylic acids is 1. The van der Waals surface area contributed by atoms with Crippen LogP contribution in [0.2, 0.25) is 0 Å². The predicted molar refractivity (Wildman–Crippen MR) is 68.6 cm³/mol. The van der Waals surface area contributed by atoms with Crippen molar-refractivity contribution in [2.45, 2.75) is 45.2 Å². The van der Waals surface area contributed by atoms with Gasteiger partial charge in [0.1, 0.15) is 12.0 Å². The van der Waals surface area contributed by atoms with Gasteiger partial charge in [-0.3, -0.25) is 4.90 Å². The highest BCUT2D eigenvalue weighted by atomic mass is 16.4. The normalized spacial score (nSPS) is 24.4. The highest BCUT2D eigenvalue weighted by molar-refractivity contribution is 5.87. The fourth-order valence-corrected chi connectivity index (χ4v) is 2.63. The molecule has 0 radical (unpaired) electrons. The van der Waals surface area contributed by atoms with Crippen LogP contribution in [0.5, 0.6) is 0 Å². The van der Waals surface area contributed by atoms with E-state index in [1.165, 1.54) is 31.9 Å². The van der Waals surface area contributed by atoms with Crippen molar-refractivity contribution in [1.29, 1.82) is 0 Å². The molecule has 0 spiro atoms. The van der Waals surface area contributed by atoms with Crippen LogP contribution in [-0.4, -0.2) is 29.1 Å². The Morgan fingerprint density at radius 3 is 2.67 bits per heavy atom. The number of rotatable bonds is 4. The quantitative estimate of drug-likeness (QED) is 0.893. The molecule has 0 amide bonds. The third-order valence-corrected chi connectivity index (χ3v) is 3.91. The molecule has 1 aliphatic rings. The van der Waals surface area contributed by atoms with Gasteiger partial charge in [0, 0.05) is 6.04 Å². The minimum atomic E-state index is -0.931. The van der Waals surface area contributed by atoms with Crippen LogP contribution in [-0.2, 0) is 6.54 Å². The second-order valence-corrected chi connectivity index (χ2v) is 5.44. The molecule has 1 saturated carbocycles. The van der Waals surface area contributed by atoms with E-state index in [0.29, 0.717) is 12.6 Å². The molecule has 0 bridgehead atoms. The van der Waals surface area contributed by atoms with E-state index in [0.717, 1.165) is 11.7 Å². The zero-order chi connectivity index (χ0) is 13.1. The highest BCUT2D eigenvalue weighted by Crippen LogP contribution is 2.27. The Labute approximate surface area is 108 Å². The van der Waals surface area contributed by atoms with Crippen LogP contribution in [0.15, 0.2) is 16.7 Å². The van der Waals surface area contributed by atoms with Gasteiger partial charge in [-0.2, -0.15) is 0 Å². The van der Waals surface area contributed by atoms with E-state index in [1.807, 2.05) is 0 Å². The molecule has 1 N–H and O–H groups in total. The van der Waals surface area contributed by atoms with Crippen molar-refractivity contribution in [2.75, 3.05) is 7.05 Å². The largest absolute Gasteiger partial charge is 0.478 e. The van der Waals surface area contributed by atoms with Gasteiger partial charge in [0.2, 0.25) is 0 Å². The summed E-state index contributed by atoms with van der Waals surface area (Å²) in [5.74, 6) is 0.643. The van der Waals surface area contributed by atoms with E-state index in [1.54, 1.807) is 6.07 Å². The molecule has 0 aromatic carbocycles. The Balaban J connectivity index is 1.90. The number of carboxylic acid groups (broad SMARTS) is 1. The van der Waals surface area contributed by atoms with E-state index in [2.05, 4.69) is 18.9 Å². The third kappa shape index (κ3) is 3.13. The van der Waals surface area contributed by atoms with Gasteiger partial charge in [-0.1, -0.05) is 6.92 Å². The fraction of sp³-hybridized carbons (Fsp3) is 0.643. The minimum Gasteiger partial charge on any atom is -0.478 e. The topological polar surface area (TPSA) is 53.7 Å². The van der Waals surface area contributed by atoms with Gasteiger partial charge in [0.25, 0.3) is 0 Å². The van der Waals surface area contributed by atoms with Crippen molar-refractivity contribution < 1.29 is 14.3 Å². The fourth-order valence-electron chi connectivity index (χ4n) is 2.63. The van der Waals surface area contributed by atoms with Gasteiger partial charge in [-0.25, -0.2) is 4.79 Å². The number of carbonyl (C=O) groups is 1. The summed E-state index contributed by atoms with van der Waals surface area (Å²) in [4.78, 5) is 13.0. The first-order valence-corrected chi connectivity index (χ1v) is 6.57. The molecular weight excluding hydrogens is 230 g/mol. The van der Waals surface area contributed by atoms with Gasteiger partial charge >= 0.3 is 5.97 Å². The van der Waals surface area contributed by atoms with E-state index >= 15 is 0 Å². The molecule has 1 aromatic rings. The predicted octanol–water partition coefficient (Wildman–Crippen LogP) is 2.99. The van der Waals surface area contributed by atoms with Crippen LogP contribution < -0.4 is 0 Å². The van der Waals surface area contributed by atoms with Gasteiger partial charge < -0.3 is 9.52 Å². The highest BCUT2D eigenvalue weighted by Gasteiger charge is 2.22. The maximum absolute atomic E-state index is 10.8. The van der Waals surface area contributed by atoms with Gasteiger partial charge in [0.05, 0.1) is 12.1 Å². The average Bonchev–Trinajstić information content (AvgIpc) is 2.78. The summed E-state index contributed by atoms with van der Waals surface area (Å²) in [6.45, 7) is 2.99. The molecule has 1 aromatic heterocycles. The lowest BCUT2D eigenvalue weighted by Crippen LogP contribution is -2.34. The lowest BCUT2D eigenvalue weighted by Gasteiger charge is -2.33. The van der Waals surface area contributed by atoms with Crippen LogP contribution in [0, 0.1) is 5.92 Å². The minimum absolute atomic E-state index is 0.232. The molecule has 4 nitrogen and oxygen atoms in total. The summed E-state index contributed by atoms with van der Waals surface area (Å²) in [6, 6.07) is 2.21. The smallest absolute Gasteiger partial charge is 0.338 e. The zero-order valence-corrected chi connectivity index (χ0v) is 11.1. The van der Waals surface area contributed by atoms with E-state index < -0.39 is 5.97 Å². The summed E-state index contributed by atoms with van der Waals surface area (Å²) in [6.07, 6.45) is 6.34. The maximum Gasteiger partial charge on any atom is 0.338 e. The molecule has 4 heteroatoms. The molecular formula is C14H21NO3. The molecule has 1 heterocycles. The molecule has 0 saturated heterocycles.